The van der Waals surface area contributed by atoms with Gasteiger partial charge in [-0.3, -0.25) is 9.08 Å². The van der Waals surface area contributed by atoms with Crippen molar-refractivity contribution < 1.29 is 12.7 Å². The van der Waals surface area contributed by atoms with E-state index in [4.69, 9.17) is 4.28 Å². The van der Waals surface area contributed by atoms with Crippen LogP contribution in [-0.4, -0.2) is 19.4 Å². The maximum Gasteiger partial charge on any atom is 0.324 e. The molecule has 6 heteroatoms. The predicted octanol–water partition coefficient (Wildman–Crippen LogP) is 2.08. The molecule has 0 fully saturated rings. The molecular weight excluding hydrogens is 302 g/mol. The Bertz CT molecular complexity index is 849. The van der Waals surface area contributed by atoms with Crippen LogP contribution in [0.4, 0.5) is 0 Å². The summed E-state index contributed by atoms with van der Waals surface area (Å²) in [6.45, 7) is 5.64. The number of rotatable bonds is 4. The summed E-state index contributed by atoms with van der Waals surface area (Å²) in [6.07, 6.45) is 1.43. The van der Waals surface area contributed by atoms with Crippen molar-refractivity contribution in [2.24, 2.45) is 0 Å². The third kappa shape index (κ3) is 3.39. The van der Waals surface area contributed by atoms with Gasteiger partial charge in [-0.25, -0.2) is 0 Å². The van der Waals surface area contributed by atoms with Crippen LogP contribution in [0.5, 0.6) is 0 Å². The third-order valence-electron chi connectivity index (χ3n) is 3.40. The second-order valence-electron chi connectivity index (χ2n) is 5.29. The van der Waals surface area contributed by atoms with E-state index >= 15 is 0 Å². The van der Waals surface area contributed by atoms with Gasteiger partial charge in [-0.1, -0.05) is 36.8 Å². The zero-order valence-electron chi connectivity index (χ0n) is 13.1. The molecule has 2 aromatic rings. The van der Waals surface area contributed by atoms with E-state index in [1.165, 1.54) is 0 Å². The highest BCUT2D eigenvalue weighted by Crippen LogP contribution is 2.21. The first-order valence-corrected chi connectivity index (χ1v) is 8.77. The number of pyridine rings is 1. The molecular formula is C16H19NO4S. The van der Waals surface area contributed by atoms with E-state index in [9.17, 15) is 13.2 Å². The van der Waals surface area contributed by atoms with Crippen molar-refractivity contribution in [3.05, 3.63) is 57.4 Å². The molecule has 0 unspecified atom stereocenters. The predicted molar refractivity (Wildman–Crippen MR) is 86.4 cm³/mol. The number of aromatic nitrogens is 1. The molecule has 2 rings (SSSR count). The Labute approximate surface area is 130 Å². The number of aryl methyl sites for hydroxylation is 2. The monoisotopic (exact) mass is 321 g/mol. The van der Waals surface area contributed by atoms with E-state index in [-0.39, 0.29) is 0 Å². The normalized spacial score (nSPS) is 11.5. The van der Waals surface area contributed by atoms with Gasteiger partial charge in [-0.2, -0.15) is 8.42 Å². The Morgan fingerprint density at radius 3 is 2.23 bits per heavy atom. The van der Waals surface area contributed by atoms with Gasteiger partial charge in [0.1, 0.15) is 0 Å². The minimum atomic E-state index is -3.81. The quantitative estimate of drug-likeness (QED) is 0.865. The van der Waals surface area contributed by atoms with Crippen LogP contribution in [0.15, 0.2) is 35.1 Å². The molecule has 1 aromatic heterocycles. The summed E-state index contributed by atoms with van der Waals surface area (Å²) in [5.41, 5.74) is 3.13. The molecule has 0 aliphatic heterocycles. The van der Waals surface area contributed by atoms with Crippen LogP contribution in [0.3, 0.4) is 0 Å². The molecule has 0 saturated heterocycles. The molecule has 0 atom stereocenters. The van der Waals surface area contributed by atoms with Crippen LogP contribution in [0.25, 0.3) is 11.3 Å². The summed E-state index contributed by atoms with van der Waals surface area (Å²) in [4.78, 5) is 12.5. The molecule has 5 nitrogen and oxygen atoms in total. The maximum absolute atomic E-state index is 12.5. The molecule has 118 valence electrons. The van der Waals surface area contributed by atoms with E-state index in [1.54, 1.807) is 6.07 Å². The number of nitrogens with zero attached hydrogens (tertiary/aromatic N) is 1. The van der Waals surface area contributed by atoms with Crippen molar-refractivity contribution in [1.82, 2.24) is 4.73 Å². The fourth-order valence-corrected chi connectivity index (χ4v) is 2.73. The van der Waals surface area contributed by atoms with Crippen molar-refractivity contribution in [2.45, 2.75) is 27.2 Å². The fraction of sp³-hybridized carbons (Fsp3) is 0.312. The second kappa shape index (κ2) is 5.96. The van der Waals surface area contributed by atoms with Crippen molar-refractivity contribution in [3.63, 3.8) is 0 Å². The minimum Gasteiger partial charge on any atom is -0.284 e. The number of benzene rings is 1. The van der Waals surface area contributed by atoms with Gasteiger partial charge in [0.15, 0.2) is 0 Å². The lowest BCUT2D eigenvalue weighted by Crippen LogP contribution is -2.34. The Balaban J connectivity index is 2.76. The van der Waals surface area contributed by atoms with Gasteiger partial charge >= 0.3 is 10.1 Å². The second-order valence-corrected chi connectivity index (χ2v) is 6.85. The van der Waals surface area contributed by atoms with Gasteiger partial charge in [0.2, 0.25) is 0 Å². The summed E-state index contributed by atoms with van der Waals surface area (Å²) in [5.74, 6) is 0. The van der Waals surface area contributed by atoms with Crippen LogP contribution in [0.1, 0.15) is 23.6 Å². The summed E-state index contributed by atoms with van der Waals surface area (Å²) < 4.78 is 28.8. The van der Waals surface area contributed by atoms with Gasteiger partial charge in [0.05, 0.1) is 11.9 Å². The molecule has 0 amide bonds. The lowest BCUT2D eigenvalue weighted by atomic mass is 10.0. The largest absolute Gasteiger partial charge is 0.324 e. The van der Waals surface area contributed by atoms with Gasteiger partial charge in [0.25, 0.3) is 5.56 Å². The average molecular weight is 321 g/mol. The average Bonchev–Trinajstić information content (AvgIpc) is 2.42. The minimum absolute atomic E-state index is 0.421. The van der Waals surface area contributed by atoms with E-state index < -0.39 is 15.7 Å². The van der Waals surface area contributed by atoms with Crippen LogP contribution < -0.4 is 9.84 Å². The molecule has 1 aromatic carbocycles. The van der Waals surface area contributed by atoms with Crippen LogP contribution >= 0.6 is 0 Å². The Kier molecular flexibility index (Phi) is 4.42. The van der Waals surface area contributed by atoms with E-state index in [0.717, 1.165) is 27.7 Å². The fourth-order valence-electron chi connectivity index (χ4n) is 2.32. The smallest absolute Gasteiger partial charge is 0.284 e. The van der Waals surface area contributed by atoms with Crippen molar-refractivity contribution in [3.8, 4) is 11.3 Å². The van der Waals surface area contributed by atoms with Crippen LogP contribution in [-0.2, 0) is 16.5 Å². The lowest BCUT2D eigenvalue weighted by molar-refractivity contribution is 0.273. The molecule has 0 spiro atoms. The highest BCUT2D eigenvalue weighted by atomic mass is 32.2. The van der Waals surface area contributed by atoms with Crippen molar-refractivity contribution >= 4 is 10.1 Å². The van der Waals surface area contributed by atoms with E-state index in [1.807, 2.05) is 45.0 Å². The SMILES string of the molecule is CCc1c(C)cc(-c2ccc(C)cc2)n(OS(C)(=O)=O)c1=O. The van der Waals surface area contributed by atoms with E-state index in [2.05, 4.69) is 0 Å². The first kappa shape index (κ1) is 16.3. The lowest BCUT2D eigenvalue weighted by Gasteiger charge is -2.15. The van der Waals surface area contributed by atoms with Gasteiger partial charge in [0, 0.05) is 11.1 Å². The first-order valence-electron chi connectivity index (χ1n) is 6.95. The first-order chi connectivity index (χ1) is 10.2. The molecule has 0 saturated carbocycles. The molecule has 1 heterocycles. The van der Waals surface area contributed by atoms with Crippen molar-refractivity contribution in [2.75, 3.05) is 6.26 Å². The molecule has 0 N–H and O–H groups in total. The molecule has 0 aliphatic rings. The summed E-state index contributed by atoms with van der Waals surface area (Å²) in [6, 6.07) is 9.23. The molecule has 0 aliphatic carbocycles. The van der Waals surface area contributed by atoms with E-state index in [0.29, 0.717) is 17.7 Å². The zero-order chi connectivity index (χ0) is 16.5. The molecule has 22 heavy (non-hydrogen) atoms. The highest BCUT2D eigenvalue weighted by Gasteiger charge is 2.17. The summed E-state index contributed by atoms with van der Waals surface area (Å²) in [5, 5.41) is 0. The molecule has 0 bridgehead atoms. The van der Waals surface area contributed by atoms with Crippen LogP contribution in [0.2, 0.25) is 0 Å². The summed E-state index contributed by atoms with van der Waals surface area (Å²) >= 11 is 0. The van der Waals surface area contributed by atoms with Crippen molar-refractivity contribution in [1.29, 1.82) is 0 Å². The number of hydrogen-bond donors (Lipinski definition) is 0. The van der Waals surface area contributed by atoms with Gasteiger partial charge < -0.3 is 0 Å². The Morgan fingerprint density at radius 1 is 1.14 bits per heavy atom. The Morgan fingerprint density at radius 2 is 1.73 bits per heavy atom. The summed E-state index contributed by atoms with van der Waals surface area (Å²) in [7, 11) is -3.81. The standard InChI is InChI=1S/C16H19NO4S/c1-5-14-12(3)10-15(13-8-6-11(2)7-9-13)17(16(14)18)21-22(4,19)20/h6-10H,5H2,1-4H3. The van der Waals surface area contributed by atoms with Crippen LogP contribution in [0, 0.1) is 13.8 Å². The van der Waals surface area contributed by atoms with Gasteiger partial charge in [-0.05, 0) is 31.9 Å². The zero-order valence-corrected chi connectivity index (χ0v) is 13.9. The topological polar surface area (TPSA) is 65.4 Å². The maximum atomic E-state index is 12.5. The highest BCUT2D eigenvalue weighted by molar-refractivity contribution is 7.86. The number of hydrogen-bond acceptors (Lipinski definition) is 4. The van der Waals surface area contributed by atoms with Gasteiger partial charge in [-0.15, -0.1) is 4.73 Å². The molecule has 0 radical (unpaired) electrons. The third-order valence-corrected chi connectivity index (χ3v) is 3.82. The Hall–Kier alpha value is -2.08.